The van der Waals surface area contributed by atoms with E-state index >= 15 is 0 Å². The van der Waals surface area contributed by atoms with Gasteiger partial charge in [-0.05, 0) is 43.5 Å². The van der Waals surface area contributed by atoms with Crippen LogP contribution in [0.2, 0.25) is 0 Å². The maximum atomic E-state index is 12.6. The first-order valence-corrected chi connectivity index (χ1v) is 12.4. The van der Waals surface area contributed by atoms with Gasteiger partial charge in [0.1, 0.15) is 12.1 Å². The first-order valence-electron chi connectivity index (χ1n) is 12.4. The lowest BCUT2D eigenvalue weighted by Gasteiger charge is -2.25. The third kappa shape index (κ3) is 6.60. The lowest BCUT2D eigenvalue weighted by molar-refractivity contribution is -0.143. The van der Waals surface area contributed by atoms with Crippen LogP contribution in [0.15, 0.2) is 29.1 Å². The standard InChI is InChI=1S/C25H34N6O4/c1-2-3-13-35-24-28-22(26)21-23(29-24)31(25(33)27-21)17-19-9-7-8-18(15-19)16-20(32)34-14-12-30-10-5-4-6-11-30/h7-9,15H,2-6,10-14,16-17H2,1H3,(H,27,33)(H2,26,28,29). The highest BCUT2D eigenvalue weighted by Crippen LogP contribution is 2.19. The minimum Gasteiger partial charge on any atom is -0.464 e. The number of aromatic amines is 1. The number of hydrogen-bond donors (Lipinski definition) is 2. The first kappa shape index (κ1) is 24.7. The van der Waals surface area contributed by atoms with Crippen LogP contribution in [-0.4, -0.2) is 63.2 Å². The van der Waals surface area contributed by atoms with E-state index in [4.69, 9.17) is 15.2 Å². The normalized spacial score (nSPS) is 14.3. The first-order chi connectivity index (χ1) is 17.0. The number of likely N-dealkylation sites (tertiary alicyclic amines) is 1. The minimum absolute atomic E-state index is 0.150. The van der Waals surface area contributed by atoms with Crippen LogP contribution in [0.1, 0.15) is 50.2 Å². The van der Waals surface area contributed by atoms with Gasteiger partial charge in [-0.2, -0.15) is 9.97 Å². The summed E-state index contributed by atoms with van der Waals surface area (Å²) >= 11 is 0. The monoisotopic (exact) mass is 482 g/mol. The van der Waals surface area contributed by atoms with Gasteiger partial charge in [0.25, 0.3) is 0 Å². The molecular weight excluding hydrogens is 448 g/mol. The molecule has 2 aromatic heterocycles. The van der Waals surface area contributed by atoms with Crippen molar-refractivity contribution in [2.45, 2.75) is 52.0 Å². The van der Waals surface area contributed by atoms with E-state index in [0.717, 1.165) is 43.6 Å². The van der Waals surface area contributed by atoms with Crippen molar-refractivity contribution in [2.24, 2.45) is 0 Å². The molecule has 1 saturated heterocycles. The van der Waals surface area contributed by atoms with Crippen molar-refractivity contribution in [3.05, 3.63) is 45.9 Å². The largest absolute Gasteiger partial charge is 0.464 e. The quantitative estimate of drug-likeness (QED) is 0.315. The van der Waals surface area contributed by atoms with Gasteiger partial charge in [0.2, 0.25) is 0 Å². The Morgan fingerprint density at radius 2 is 1.94 bits per heavy atom. The van der Waals surface area contributed by atoms with E-state index in [1.165, 1.54) is 23.8 Å². The Hall–Kier alpha value is -3.40. The smallest absolute Gasteiger partial charge is 0.328 e. The number of carbonyl (C=O) groups is 1. The zero-order valence-corrected chi connectivity index (χ0v) is 20.3. The summed E-state index contributed by atoms with van der Waals surface area (Å²) in [5.41, 5.74) is 8.15. The van der Waals surface area contributed by atoms with Crippen LogP contribution in [0.5, 0.6) is 6.01 Å². The van der Waals surface area contributed by atoms with Gasteiger partial charge in [-0.3, -0.25) is 14.3 Å². The molecule has 35 heavy (non-hydrogen) atoms. The van der Waals surface area contributed by atoms with Gasteiger partial charge in [-0.1, -0.05) is 44.0 Å². The molecule has 0 radical (unpaired) electrons. The Kier molecular flexibility index (Phi) is 8.36. The Balaban J connectivity index is 1.41. The van der Waals surface area contributed by atoms with E-state index in [1.807, 2.05) is 24.3 Å². The zero-order chi connectivity index (χ0) is 24.6. The van der Waals surface area contributed by atoms with Crippen molar-refractivity contribution in [1.82, 2.24) is 24.4 Å². The van der Waals surface area contributed by atoms with Crippen LogP contribution in [0.25, 0.3) is 11.2 Å². The van der Waals surface area contributed by atoms with E-state index in [2.05, 4.69) is 26.8 Å². The number of H-pyrrole nitrogens is 1. The van der Waals surface area contributed by atoms with E-state index in [-0.39, 0.29) is 36.5 Å². The number of unbranched alkanes of at least 4 members (excludes halogenated alkanes) is 1. The Labute approximate surface area is 204 Å². The fourth-order valence-corrected chi connectivity index (χ4v) is 4.26. The van der Waals surface area contributed by atoms with Crippen LogP contribution >= 0.6 is 0 Å². The lowest BCUT2D eigenvalue weighted by Crippen LogP contribution is -2.33. The number of nitrogens with one attached hydrogen (secondary N) is 1. The van der Waals surface area contributed by atoms with Crippen LogP contribution in [0, 0.1) is 0 Å². The number of benzene rings is 1. The van der Waals surface area contributed by atoms with Crippen LogP contribution in [0.3, 0.4) is 0 Å². The molecule has 3 aromatic rings. The number of piperidine rings is 1. The van der Waals surface area contributed by atoms with Crippen molar-refractivity contribution in [3.8, 4) is 6.01 Å². The summed E-state index contributed by atoms with van der Waals surface area (Å²) in [6.45, 7) is 6.16. The Morgan fingerprint density at radius 1 is 1.14 bits per heavy atom. The molecule has 1 fully saturated rings. The number of esters is 1. The van der Waals surface area contributed by atoms with Crippen molar-refractivity contribution in [3.63, 3.8) is 0 Å². The Bertz CT molecular complexity index is 1200. The van der Waals surface area contributed by atoms with Gasteiger partial charge < -0.3 is 20.2 Å². The minimum atomic E-state index is -0.339. The number of nitrogens with two attached hydrogens (primary N) is 1. The molecule has 0 spiro atoms. The molecule has 1 aromatic carbocycles. The van der Waals surface area contributed by atoms with Gasteiger partial charge in [-0.15, -0.1) is 0 Å². The lowest BCUT2D eigenvalue weighted by atomic mass is 10.1. The Morgan fingerprint density at radius 3 is 2.74 bits per heavy atom. The van der Waals surface area contributed by atoms with Crippen LogP contribution in [-0.2, 0) is 22.5 Å². The number of carbonyl (C=O) groups excluding carboxylic acids is 1. The predicted molar refractivity (Wildman–Crippen MR) is 133 cm³/mol. The van der Waals surface area contributed by atoms with Gasteiger partial charge in [-0.25, -0.2) is 4.79 Å². The highest BCUT2D eigenvalue weighted by molar-refractivity contribution is 5.82. The third-order valence-corrected chi connectivity index (χ3v) is 6.16. The molecule has 1 aliphatic rings. The molecule has 1 aliphatic heterocycles. The second-order valence-corrected chi connectivity index (χ2v) is 8.93. The summed E-state index contributed by atoms with van der Waals surface area (Å²) in [6, 6.07) is 7.71. The molecule has 0 unspecified atom stereocenters. The summed E-state index contributed by atoms with van der Waals surface area (Å²) < 4.78 is 12.5. The summed E-state index contributed by atoms with van der Waals surface area (Å²) in [7, 11) is 0. The number of aromatic nitrogens is 4. The van der Waals surface area contributed by atoms with Gasteiger partial charge in [0.05, 0.1) is 19.6 Å². The number of hydrogen-bond acceptors (Lipinski definition) is 8. The van der Waals surface area contributed by atoms with Crippen LogP contribution < -0.4 is 16.2 Å². The maximum absolute atomic E-state index is 12.6. The van der Waals surface area contributed by atoms with E-state index in [0.29, 0.717) is 24.4 Å². The van der Waals surface area contributed by atoms with Crippen molar-refractivity contribution >= 4 is 23.0 Å². The molecule has 10 heteroatoms. The molecule has 0 bridgehead atoms. The number of rotatable bonds is 11. The zero-order valence-electron chi connectivity index (χ0n) is 20.3. The van der Waals surface area contributed by atoms with E-state index in [1.54, 1.807) is 0 Å². The second kappa shape index (κ2) is 11.8. The van der Waals surface area contributed by atoms with Crippen LogP contribution in [0.4, 0.5) is 5.82 Å². The molecule has 0 aliphatic carbocycles. The number of nitrogen functional groups attached to an aromatic ring is 1. The van der Waals surface area contributed by atoms with E-state index in [9.17, 15) is 9.59 Å². The maximum Gasteiger partial charge on any atom is 0.328 e. The summed E-state index contributed by atoms with van der Waals surface area (Å²) in [5, 5.41) is 0. The predicted octanol–water partition coefficient (Wildman–Crippen LogP) is 2.50. The molecule has 188 valence electrons. The molecular formula is C25H34N6O4. The van der Waals surface area contributed by atoms with Gasteiger partial charge in [0, 0.05) is 6.54 Å². The molecule has 10 nitrogen and oxygen atoms in total. The second-order valence-electron chi connectivity index (χ2n) is 8.93. The highest BCUT2D eigenvalue weighted by atomic mass is 16.5. The fourth-order valence-electron chi connectivity index (χ4n) is 4.26. The molecule has 4 rings (SSSR count). The number of anilines is 1. The van der Waals surface area contributed by atoms with Crippen molar-refractivity contribution < 1.29 is 14.3 Å². The average Bonchev–Trinajstić information content (AvgIpc) is 3.16. The van der Waals surface area contributed by atoms with Crippen molar-refractivity contribution in [2.75, 3.05) is 38.6 Å². The molecule has 0 amide bonds. The topological polar surface area (TPSA) is 128 Å². The molecule has 0 saturated carbocycles. The summed E-state index contributed by atoms with van der Waals surface area (Å²) in [4.78, 5) is 38.6. The number of fused-ring (bicyclic) bond motifs is 1. The summed E-state index contributed by atoms with van der Waals surface area (Å²) in [6.07, 6.45) is 5.74. The molecule has 3 heterocycles. The highest BCUT2D eigenvalue weighted by Gasteiger charge is 2.16. The fraction of sp³-hybridized carbons (Fsp3) is 0.520. The van der Waals surface area contributed by atoms with E-state index < -0.39 is 0 Å². The molecule has 0 atom stereocenters. The molecule has 3 N–H and O–H groups in total. The van der Waals surface area contributed by atoms with Gasteiger partial charge in [0.15, 0.2) is 11.5 Å². The van der Waals surface area contributed by atoms with Crippen molar-refractivity contribution in [1.29, 1.82) is 0 Å². The SMILES string of the molecule is CCCCOc1nc(N)c2[nH]c(=O)n(Cc3cccc(CC(=O)OCCN4CCCCC4)c3)c2n1. The number of nitrogens with zero attached hydrogens (tertiary/aromatic N) is 4. The van der Waals surface area contributed by atoms with Gasteiger partial charge >= 0.3 is 17.7 Å². The summed E-state index contributed by atoms with van der Waals surface area (Å²) in [5.74, 6) is -0.0868. The number of ether oxygens (including phenoxy) is 2. The number of imidazole rings is 1. The third-order valence-electron chi connectivity index (χ3n) is 6.16. The average molecular weight is 483 g/mol.